The second-order valence-electron chi connectivity index (χ2n) is 11.2. The van der Waals surface area contributed by atoms with Crippen LogP contribution in [0.2, 0.25) is 0 Å². The molecule has 1 saturated heterocycles. The van der Waals surface area contributed by atoms with Crippen LogP contribution in [0.15, 0.2) is 36.5 Å². The molecule has 3 aliphatic carbocycles. The van der Waals surface area contributed by atoms with Gasteiger partial charge >= 0.3 is 0 Å². The lowest BCUT2D eigenvalue weighted by atomic mass is 9.48. The van der Waals surface area contributed by atoms with Gasteiger partial charge in [0.05, 0.1) is 24.6 Å². The summed E-state index contributed by atoms with van der Waals surface area (Å²) < 4.78 is 34.2. The standard InChI is InChI=1S/C28H32F2N4O/c1-17-9-22-21-5-2-3-6-24(21)32-25(22)27(34(17)28-11-18(12-28)13-28)26-23(30)10-19(14-31-26)35-20-15-33(16-20)8-4-7-29/h2-3,5-6,10,14,17-18,20,27,32H,4,7-9,11-13,15-16H2,1H3/t17-,18?,27+,28?/m1/s1. The summed E-state index contributed by atoms with van der Waals surface area (Å²) in [6, 6.07) is 10.00. The number of pyridine rings is 1. The van der Waals surface area contributed by atoms with Crippen molar-refractivity contribution in [3.63, 3.8) is 0 Å². The predicted molar refractivity (Wildman–Crippen MR) is 131 cm³/mol. The zero-order valence-electron chi connectivity index (χ0n) is 20.1. The second kappa shape index (κ2) is 8.00. The van der Waals surface area contributed by atoms with Crippen molar-refractivity contribution in [1.82, 2.24) is 19.8 Å². The number of benzene rings is 1. The summed E-state index contributed by atoms with van der Waals surface area (Å²) in [4.78, 5) is 13.1. The summed E-state index contributed by atoms with van der Waals surface area (Å²) in [6.45, 7) is 4.24. The van der Waals surface area contributed by atoms with E-state index in [0.29, 0.717) is 23.9 Å². The monoisotopic (exact) mass is 478 g/mol. The molecule has 4 heterocycles. The molecule has 5 aliphatic rings. The van der Waals surface area contributed by atoms with Crippen molar-refractivity contribution in [3.8, 4) is 5.75 Å². The molecule has 3 saturated carbocycles. The van der Waals surface area contributed by atoms with E-state index in [2.05, 4.69) is 39.9 Å². The normalized spacial score (nSPS) is 30.4. The number of fused-ring (bicyclic) bond motifs is 3. The molecule has 2 aliphatic heterocycles. The molecule has 2 atom stereocenters. The third-order valence-electron chi connectivity index (χ3n) is 8.86. The van der Waals surface area contributed by atoms with Crippen LogP contribution in [0, 0.1) is 11.7 Å². The minimum atomic E-state index is -0.309. The number of hydrogen-bond donors (Lipinski definition) is 1. The molecule has 0 spiro atoms. The van der Waals surface area contributed by atoms with E-state index in [9.17, 15) is 4.39 Å². The van der Waals surface area contributed by atoms with Crippen LogP contribution < -0.4 is 4.74 Å². The third kappa shape index (κ3) is 3.34. The molecule has 4 fully saturated rings. The van der Waals surface area contributed by atoms with E-state index in [1.54, 1.807) is 6.20 Å². The Morgan fingerprint density at radius 1 is 1.20 bits per heavy atom. The van der Waals surface area contributed by atoms with Gasteiger partial charge in [0.25, 0.3) is 0 Å². The number of rotatable bonds is 7. The molecular formula is C28H32F2N4O. The van der Waals surface area contributed by atoms with Crippen molar-refractivity contribution in [2.75, 3.05) is 26.3 Å². The summed E-state index contributed by atoms with van der Waals surface area (Å²) in [5, 5.41) is 1.24. The number of aromatic amines is 1. The Morgan fingerprint density at radius 3 is 2.71 bits per heavy atom. The van der Waals surface area contributed by atoms with E-state index < -0.39 is 0 Å². The maximum Gasteiger partial charge on any atom is 0.150 e. The van der Waals surface area contributed by atoms with Gasteiger partial charge in [-0.3, -0.25) is 19.2 Å². The quantitative estimate of drug-likeness (QED) is 0.518. The van der Waals surface area contributed by atoms with Crippen LogP contribution in [0.1, 0.15) is 55.6 Å². The molecule has 0 unspecified atom stereocenters. The first-order valence-corrected chi connectivity index (χ1v) is 13.0. The molecule has 8 rings (SSSR count). The number of nitrogens with one attached hydrogen (secondary N) is 1. The number of nitrogens with zero attached hydrogens (tertiary/aromatic N) is 3. The Labute approximate surface area is 204 Å². The van der Waals surface area contributed by atoms with Gasteiger partial charge in [-0.2, -0.15) is 0 Å². The number of H-pyrrole nitrogens is 1. The minimum absolute atomic E-state index is 0.00828. The molecule has 0 radical (unpaired) electrons. The molecule has 5 nitrogen and oxygen atoms in total. The van der Waals surface area contributed by atoms with Crippen LogP contribution >= 0.6 is 0 Å². The lowest BCUT2D eigenvalue weighted by Crippen LogP contribution is -2.71. The van der Waals surface area contributed by atoms with E-state index in [1.165, 1.54) is 36.3 Å². The van der Waals surface area contributed by atoms with Crippen molar-refractivity contribution in [3.05, 3.63) is 59.3 Å². The Kier molecular flexibility index (Phi) is 4.97. The topological polar surface area (TPSA) is 44.4 Å². The molecule has 184 valence electrons. The lowest BCUT2D eigenvalue weighted by Gasteiger charge is -2.69. The zero-order valence-corrected chi connectivity index (χ0v) is 20.1. The van der Waals surface area contributed by atoms with Crippen LogP contribution in [0.4, 0.5) is 8.78 Å². The van der Waals surface area contributed by atoms with Gasteiger partial charge in [-0.15, -0.1) is 0 Å². The molecule has 2 aromatic heterocycles. The van der Waals surface area contributed by atoms with Crippen LogP contribution in [0.5, 0.6) is 5.75 Å². The molecule has 1 aromatic carbocycles. The smallest absolute Gasteiger partial charge is 0.150 e. The first-order chi connectivity index (χ1) is 17.0. The van der Waals surface area contributed by atoms with Gasteiger partial charge in [-0.05, 0) is 56.6 Å². The first kappa shape index (κ1) is 21.7. The molecule has 2 bridgehead atoms. The number of likely N-dealkylation sites (tertiary alicyclic amines) is 1. The largest absolute Gasteiger partial charge is 0.486 e. The fourth-order valence-corrected chi connectivity index (χ4v) is 7.17. The molecule has 3 aromatic rings. The average molecular weight is 479 g/mol. The van der Waals surface area contributed by atoms with Crippen molar-refractivity contribution in [2.45, 2.75) is 62.8 Å². The van der Waals surface area contributed by atoms with Gasteiger partial charge in [0.1, 0.15) is 17.7 Å². The average Bonchev–Trinajstić information content (AvgIpc) is 3.12. The number of halogens is 2. The third-order valence-corrected chi connectivity index (χ3v) is 8.86. The van der Waals surface area contributed by atoms with Crippen LogP contribution in [0.3, 0.4) is 0 Å². The lowest BCUT2D eigenvalue weighted by molar-refractivity contribution is -0.175. The van der Waals surface area contributed by atoms with Crippen molar-refractivity contribution >= 4 is 10.9 Å². The van der Waals surface area contributed by atoms with E-state index in [4.69, 9.17) is 9.72 Å². The van der Waals surface area contributed by atoms with Crippen LogP contribution in [0.25, 0.3) is 10.9 Å². The molecule has 7 heteroatoms. The number of ether oxygens (including phenoxy) is 1. The summed E-state index contributed by atoms with van der Waals surface area (Å²) in [7, 11) is 0. The second-order valence-corrected chi connectivity index (χ2v) is 11.2. The van der Waals surface area contributed by atoms with E-state index in [-0.39, 0.29) is 30.2 Å². The van der Waals surface area contributed by atoms with E-state index in [1.807, 2.05) is 6.07 Å². The molecule has 1 N–H and O–H groups in total. The number of alkyl halides is 1. The Bertz CT molecular complexity index is 1250. The maximum atomic E-state index is 15.8. The van der Waals surface area contributed by atoms with Crippen LogP contribution in [-0.4, -0.2) is 63.8 Å². The van der Waals surface area contributed by atoms with Gasteiger partial charge in [0, 0.05) is 53.9 Å². The summed E-state index contributed by atoms with van der Waals surface area (Å²) in [5.74, 6) is 1.00. The molecular weight excluding hydrogens is 446 g/mol. The fourth-order valence-electron chi connectivity index (χ4n) is 7.17. The maximum absolute atomic E-state index is 15.8. The van der Waals surface area contributed by atoms with Gasteiger partial charge in [-0.25, -0.2) is 4.39 Å². The number of para-hydroxylation sites is 1. The zero-order chi connectivity index (χ0) is 23.7. The van der Waals surface area contributed by atoms with Gasteiger partial charge in [0.15, 0.2) is 0 Å². The number of hydrogen-bond acceptors (Lipinski definition) is 4. The Morgan fingerprint density at radius 2 is 2.00 bits per heavy atom. The molecule has 0 amide bonds. The van der Waals surface area contributed by atoms with Crippen LogP contribution in [-0.2, 0) is 6.42 Å². The van der Waals surface area contributed by atoms with Gasteiger partial charge in [0.2, 0.25) is 0 Å². The Balaban J connectivity index is 1.21. The van der Waals surface area contributed by atoms with Crippen molar-refractivity contribution in [1.29, 1.82) is 0 Å². The van der Waals surface area contributed by atoms with Crippen molar-refractivity contribution < 1.29 is 13.5 Å². The van der Waals surface area contributed by atoms with E-state index in [0.717, 1.165) is 43.2 Å². The fraction of sp³-hybridized carbons (Fsp3) is 0.536. The highest BCUT2D eigenvalue weighted by Gasteiger charge is 2.63. The van der Waals surface area contributed by atoms with Crippen molar-refractivity contribution in [2.24, 2.45) is 5.92 Å². The highest BCUT2D eigenvalue weighted by molar-refractivity contribution is 5.85. The SMILES string of the molecule is C[C@@H]1Cc2c([nH]c3ccccc23)[C@@H](c2ncc(OC3CN(CCCF)C3)cc2F)N1C12CC(C1)C2. The first-order valence-electron chi connectivity index (χ1n) is 13.0. The van der Waals surface area contributed by atoms with Gasteiger partial charge in [-0.1, -0.05) is 18.2 Å². The summed E-state index contributed by atoms with van der Waals surface area (Å²) >= 11 is 0. The molecule has 35 heavy (non-hydrogen) atoms. The Hall–Kier alpha value is -2.51. The predicted octanol–water partition coefficient (Wildman–Crippen LogP) is 5.01. The minimum Gasteiger partial charge on any atom is -0.486 e. The highest BCUT2D eigenvalue weighted by atomic mass is 19.1. The summed E-state index contributed by atoms with van der Waals surface area (Å²) in [6.07, 6.45) is 6.85. The number of aromatic nitrogens is 2. The van der Waals surface area contributed by atoms with E-state index >= 15 is 4.39 Å². The summed E-state index contributed by atoms with van der Waals surface area (Å²) in [5.41, 5.74) is 4.17. The highest BCUT2D eigenvalue weighted by Crippen LogP contribution is 2.64. The van der Waals surface area contributed by atoms with Gasteiger partial charge < -0.3 is 9.72 Å².